The molecule has 2 aromatic rings. The van der Waals surface area contributed by atoms with Gasteiger partial charge in [0.15, 0.2) is 5.11 Å². The Morgan fingerprint density at radius 3 is 2.38 bits per heavy atom. The number of benzene rings is 2. The fraction of sp³-hybridized carbons (Fsp3) is 0.381. The molecule has 0 fully saturated rings. The second-order valence-corrected chi connectivity index (χ2v) is 6.99. The van der Waals surface area contributed by atoms with Gasteiger partial charge in [0, 0.05) is 25.2 Å². The Kier molecular flexibility index (Phi) is 8.38. The zero-order chi connectivity index (χ0) is 18.8. The summed E-state index contributed by atoms with van der Waals surface area (Å²) in [6.07, 6.45) is 1.10. The van der Waals surface area contributed by atoms with E-state index in [9.17, 15) is 0 Å². The molecular weight excluding hydrogens is 342 g/mol. The van der Waals surface area contributed by atoms with E-state index in [0.29, 0.717) is 6.61 Å². The van der Waals surface area contributed by atoms with Gasteiger partial charge in [0.1, 0.15) is 5.75 Å². The molecule has 0 aliphatic rings. The van der Waals surface area contributed by atoms with E-state index in [4.69, 9.17) is 17.0 Å². The van der Waals surface area contributed by atoms with Crippen LogP contribution in [0.25, 0.3) is 0 Å². The van der Waals surface area contributed by atoms with Gasteiger partial charge < -0.3 is 19.9 Å². The second-order valence-electron chi connectivity index (χ2n) is 6.61. The summed E-state index contributed by atoms with van der Waals surface area (Å²) in [6, 6.07) is 18.4. The Hall–Kier alpha value is -2.11. The smallest absolute Gasteiger partial charge is 0.173 e. The molecule has 2 N–H and O–H groups in total. The number of rotatable bonds is 9. The van der Waals surface area contributed by atoms with Crippen LogP contribution in [0.4, 0.5) is 5.69 Å². The lowest BCUT2D eigenvalue weighted by Crippen LogP contribution is -3.05. The van der Waals surface area contributed by atoms with E-state index in [1.54, 1.807) is 0 Å². The third-order valence-corrected chi connectivity index (χ3v) is 4.39. The molecule has 26 heavy (non-hydrogen) atoms. The van der Waals surface area contributed by atoms with Gasteiger partial charge in [-0.2, -0.15) is 0 Å². The number of hydrogen-bond acceptors (Lipinski definition) is 2. The van der Waals surface area contributed by atoms with Crippen molar-refractivity contribution in [3.05, 3.63) is 60.2 Å². The number of thiocarbonyl (C=S) groups is 1. The van der Waals surface area contributed by atoms with Crippen LogP contribution in [0.5, 0.6) is 5.75 Å². The van der Waals surface area contributed by atoms with E-state index in [1.807, 2.05) is 37.3 Å². The highest BCUT2D eigenvalue weighted by atomic mass is 32.1. The van der Waals surface area contributed by atoms with Crippen molar-refractivity contribution >= 4 is 23.0 Å². The Bertz CT molecular complexity index is 659. The lowest BCUT2D eigenvalue weighted by molar-refractivity contribution is -0.858. The van der Waals surface area contributed by atoms with Gasteiger partial charge in [0.25, 0.3) is 0 Å². The molecule has 2 rings (SSSR count). The summed E-state index contributed by atoms with van der Waals surface area (Å²) in [4.78, 5) is 3.69. The molecule has 0 aliphatic carbocycles. The van der Waals surface area contributed by atoms with Crippen LogP contribution in [0, 0.1) is 0 Å². The van der Waals surface area contributed by atoms with Gasteiger partial charge in [0.05, 0.1) is 27.2 Å². The van der Waals surface area contributed by atoms with E-state index >= 15 is 0 Å². The molecular formula is C21H30N3OS+. The Morgan fingerprint density at radius 2 is 1.77 bits per heavy atom. The van der Waals surface area contributed by atoms with Crippen LogP contribution < -0.4 is 15.0 Å². The minimum Gasteiger partial charge on any atom is -0.494 e. The molecule has 0 heterocycles. The van der Waals surface area contributed by atoms with Gasteiger partial charge in [-0.3, -0.25) is 0 Å². The highest BCUT2D eigenvalue weighted by Gasteiger charge is 2.11. The van der Waals surface area contributed by atoms with Crippen molar-refractivity contribution in [1.29, 1.82) is 0 Å². The average molecular weight is 373 g/mol. The predicted octanol–water partition coefficient (Wildman–Crippen LogP) is 2.82. The third kappa shape index (κ3) is 7.02. The predicted molar refractivity (Wildman–Crippen MR) is 113 cm³/mol. The summed E-state index contributed by atoms with van der Waals surface area (Å²) >= 11 is 5.70. The van der Waals surface area contributed by atoms with Crippen molar-refractivity contribution in [2.45, 2.75) is 19.9 Å². The lowest BCUT2D eigenvalue weighted by Gasteiger charge is -2.26. The van der Waals surface area contributed by atoms with Crippen LogP contribution in [0.3, 0.4) is 0 Å². The molecule has 0 saturated carbocycles. The standard InChI is InChI=1S/C21H29N3OS/c1-4-25-20-13-11-19(12-14-20)22-21(26)24(16-8-15-23(2)3)17-18-9-6-5-7-10-18/h5-7,9-14H,4,8,15-17H2,1-3H3,(H,22,26)/p+1. The highest BCUT2D eigenvalue weighted by Crippen LogP contribution is 2.16. The molecule has 5 heteroatoms. The summed E-state index contributed by atoms with van der Waals surface area (Å²) in [5.41, 5.74) is 2.25. The maximum absolute atomic E-state index is 5.70. The Morgan fingerprint density at radius 1 is 1.08 bits per heavy atom. The monoisotopic (exact) mass is 372 g/mol. The maximum atomic E-state index is 5.70. The molecule has 0 amide bonds. The molecule has 0 unspecified atom stereocenters. The molecule has 0 aliphatic heterocycles. The van der Waals surface area contributed by atoms with Crippen molar-refractivity contribution in [1.82, 2.24) is 4.90 Å². The molecule has 0 bridgehead atoms. The third-order valence-electron chi connectivity index (χ3n) is 4.02. The first-order valence-electron chi connectivity index (χ1n) is 9.20. The molecule has 2 aromatic carbocycles. The second kappa shape index (κ2) is 10.8. The van der Waals surface area contributed by atoms with E-state index in [-0.39, 0.29) is 0 Å². The number of ether oxygens (including phenoxy) is 1. The Balaban J connectivity index is 2.00. The van der Waals surface area contributed by atoms with Crippen molar-refractivity contribution in [3.8, 4) is 5.75 Å². The fourth-order valence-electron chi connectivity index (χ4n) is 2.68. The Labute approximate surface area is 162 Å². The number of hydrogen-bond donors (Lipinski definition) is 2. The number of nitrogens with zero attached hydrogens (tertiary/aromatic N) is 1. The van der Waals surface area contributed by atoms with E-state index < -0.39 is 0 Å². The van der Waals surface area contributed by atoms with Gasteiger partial charge in [-0.15, -0.1) is 0 Å². The molecule has 4 nitrogen and oxygen atoms in total. The van der Waals surface area contributed by atoms with E-state index in [1.165, 1.54) is 10.5 Å². The van der Waals surface area contributed by atoms with Crippen LogP contribution in [0.2, 0.25) is 0 Å². The first-order valence-corrected chi connectivity index (χ1v) is 9.61. The highest BCUT2D eigenvalue weighted by molar-refractivity contribution is 7.80. The largest absolute Gasteiger partial charge is 0.494 e. The minimum atomic E-state index is 0.671. The van der Waals surface area contributed by atoms with Crippen LogP contribution in [0.1, 0.15) is 18.9 Å². The first-order chi connectivity index (χ1) is 12.6. The van der Waals surface area contributed by atoms with E-state index in [0.717, 1.165) is 42.6 Å². The van der Waals surface area contributed by atoms with Crippen molar-refractivity contribution < 1.29 is 9.64 Å². The van der Waals surface area contributed by atoms with Gasteiger partial charge >= 0.3 is 0 Å². The molecule has 140 valence electrons. The van der Waals surface area contributed by atoms with Crippen molar-refractivity contribution in [3.63, 3.8) is 0 Å². The summed E-state index contributed by atoms with van der Waals surface area (Å²) < 4.78 is 5.49. The number of nitrogens with one attached hydrogen (secondary N) is 2. The van der Waals surface area contributed by atoms with Crippen molar-refractivity contribution in [2.24, 2.45) is 0 Å². The van der Waals surface area contributed by atoms with Crippen LogP contribution in [-0.2, 0) is 6.54 Å². The number of quaternary nitrogens is 1. The zero-order valence-electron chi connectivity index (χ0n) is 16.0. The summed E-state index contributed by atoms with van der Waals surface area (Å²) in [6.45, 7) is 5.52. The van der Waals surface area contributed by atoms with Gasteiger partial charge in [-0.25, -0.2) is 0 Å². The van der Waals surface area contributed by atoms with Crippen LogP contribution in [0.15, 0.2) is 54.6 Å². The summed E-state index contributed by atoms with van der Waals surface area (Å²) in [5.74, 6) is 0.874. The zero-order valence-corrected chi connectivity index (χ0v) is 16.8. The van der Waals surface area contributed by atoms with Crippen LogP contribution in [-0.4, -0.2) is 43.8 Å². The molecule has 0 aromatic heterocycles. The topological polar surface area (TPSA) is 28.9 Å². The van der Waals surface area contributed by atoms with Gasteiger partial charge in [-0.05, 0) is 49.0 Å². The quantitative estimate of drug-likeness (QED) is 0.663. The fourth-order valence-corrected chi connectivity index (χ4v) is 2.96. The maximum Gasteiger partial charge on any atom is 0.173 e. The molecule has 0 saturated heterocycles. The molecule has 0 spiro atoms. The number of anilines is 1. The molecule has 0 radical (unpaired) electrons. The first kappa shape index (κ1) is 20.2. The normalized spacial score (nSPS) is 10.6. The van der Waals surface area contributed by atoms with Gasteiger partial charge in [-0.1, -0.05) is 30.3 Å². The summed E-state index contributed by atoms with van der Waals surface area (Å²) in [5, 5.41) is 4.12. The molecule has 0 atom stereocenters. The van der Waals surface area contributed by atoms with Gasteiger partial charge in [0.2, 0.25) is 0 Å². The van der Waals surface area contributed by atoms with E-state index in [2.05, 4.69) is 48.6 Å². The average Bonchev–Trinajstić information content (AvgIpc) is 2.63. The lowest BCUT2D eigenvalue weighted by atomic mass is 10.2. The van der Waals surface area contributed by atoms with Crippen LogP contribution >= 0.6 is 12.2 Å². The van der Waals surface area contributed by atoms with Crippen molar-refractivity contribution in [2.75, 3.05) is 39.1 Å². The SMILES string of the molecule is CCOc1ccc(NC(=S)N(CCC[NH+](C)C)Cc2ccccc2)cc1. The summed E-state index contributed by atoms with van der Waals surface area (Å²) in [7, 11) is 4.36. The minimum absolute atomic E-state index is 0.671.